The zero-order chi connectivity index (χ0) is 15.2. The van der Waals surface area contributed by atoms with Crippen molar-refractivity contribution >= 4 is 11.9 Å². The van der Waals surface area contributed by atoms with Crippen LogP contribution in [-0.2, 0) is 19.1 Å². The number of nitrogens with zero attached hydrogens (tertiary/aromatic N) is 1. The number of piperidine rings is 1. The molecule has 0 radical (unpaired) electrons. The lowest BCUT2D eigenvalue weighted by molar-refractivity contribution is -0.148. The number of methoxy groups -OCH3 is 1. The van der Waals surface area contributed by atoms with E-state index in [0.29, 0.717) is 25.9 Å². The summed E-state index contributed by atoms with van der Waals surface area (Å²) in [6, 6.07) is 0. The van der Waals surface area contributed by atoms with Crippen molar-refractivity contribution in [3.05, 3.63) is 0 Å². The third kappa shape index (κ3) is 4.68. The third-order valence-corrected chi connectivity index (χ3v) is 4.55. The highest BCUT2D eigenvalue weighted by atomic mass is 16.5. The smallest absolute Gasteiger partial charge is 0.306 e. The van der Waals surface area contributed by atoms with Gasteiger partial charge in [0, 0.05) is 20.2 Å². The van der Waals surface area contributed by atoms with Gasteiger partial charge in [0.05, 0.1) is 18.1 Å². The van der Waals surface area contributed by atoms with Gasteiger partial charge in [-0.1, -0.05) is 0 Å². The number of carboxylic acids is 1. The van der Waals surface area contributed by atoms with Crippen LogP contribution in [0.25, 0.3) is 0 Å². The Hall–Kier alpha value is -1.14. The van der Waals surface area contributed by atoms with Gasteiger partial charge in [0.2, 0.25) is 5.91 Å². The minimum absolute atomic E-state index is 0.0293. The molecule has 1 amide bonds. The molecule has 1 aliphatic carbocycles. The minimum atomic E-state index is -0.758. The molecule has 0 aromatic carbocycles. The second kappa shape index (κ2) is 7.75. The predicted molar refractivity (Wildman–Crippen MR) is 75.9 cm³/mol. The van der Waals surface area contributed by atoms with Gasteiger partial charge in [-0.3, -0.25) is 9.59 Å². The van der Waals surface area contributed by atoms with E-state index in [0.717, 1.165) is 25.7 Å². The van der Waals surface area contributed by atoms with Crippen LogP contribution in [0.4, 0.5) is 0 Å². The number of carbonyl (C=O) groups is 2. The van der Waals surface area contributed by atoms with Gasteiger partial charge in [-0.05, 0) is 38.5 Å². The van der Waals surface area contributed by atoms with E-state index in [9.17, 15) is 9.59 Å². The molecule has 6 heteroatoms. The van der Waals surface area contributed by atoms with Crippen LogP contribution < -0.4 is 0 Å². The van der Waals surface area contributed by atoms with Crippen LogP contribution in [0.5, 0.6) is 0 Å². The topological polar surface area (TPSA) is 76.1 Å². The SMILES string of the molecule is COC1CCCC(OCC(=O)N2CCC(C(=O)O)CC2)C1. The molecule has 2 rings (SSSR count). The van der Waals surface area contributed by atoms with Crippen molar-refractivity contribution in [2.24, 2.45) is 5.92 Å². The summed E-state index contributed by atoms with van der Waals surface area (Å²) in [4.78, 5) is 24.7. The standard InChI is InChI=1S/C15H25NO5/c1-20-12-3-2-4-13(9-12)21-10-14(17)16-7-5-11(6-8-16)15(18)19/h11-13H,2-10H2,1H3,(H,18,19). The normalized spacial score (nSPS) is 27.6. The Morgan fingerprint density at radius 1 is 1.14 bits per heavy atom. The van der Waals surface area contributed by atoms with Crippen molar-refractivity contribution in [3.8, 4) is 0 Å². The van der Waals surface area contributed by atoms with Crippen molar-refractivity contribution in [3.63, 3.8) is 0 Å². The monoisotopic (exact) mass is 299 g/mol. The molecule has 2 atom stereocenters. The van der Waals surface area contributed by atoms with Gasteiger partial charge in [0.15, 0.2) is 0 Å². The van der Waals surface area contributed by atoms with E-state index < -0.39 is 5.97 Å². The van der Waals surface area contributed by atoms with Crippen LogP contribution >= 0.6 is 0 Å². The largest absolute Gasteiger partial charge is 0.481 e. The zero-order valence-electron chi connectivity index (χ0n) is 12.6. The lowest BCUT2D eigenvalue weighted by atomic mass is 9.95. The van der Waals surface area contributed by atoms with Crippen molar-refractivity contribution in [1.29, 1.82) is 0 Å². The molecule has 2 fully saturated rings. The molecule has 120 valence electrons. The summed E-state index contributed by atoms with van der Waals surface area (Å²) in [6.45, 7) is 1.13. The van der Waals surface area contributed by atoms with E-state index in [2.05, 4.69) is 0 Å². The first-order valence-electron chi connectivity index (χ1n) is 7.75. The minimum Gasteiger partial charge on any atom is -0.481 e. The first-order valence-corrected chi connectivity index (χ1v) is 7.75. The summed E-state index contributed by atoms with van der Waals surface area (Å²) in [5.41, 5.74) is 0. The number of ether oxygens (including phenoxy) is 2. The van der Waals surface area contributed by atoms with E-state index in [4.69, 9.17) is 14.6 Å². The fraction of sp³-hybridized carbons (Fsp3) is 0.867. The van der Waals surface area contributed by atoms with Crippen LogP contribution in [0.2, 0.25) is 0 Å². The van der Waals surface area contributed by atoms with Crippen LogP contribution in [0.1, 0.15) is 38.5 Å². The fourth-order valence-electron chi connectivity index (χ4n) is 3.12. The molecule has 2 aliphatic rings. The number of aliphatic carboxylic acids is 1. The van der Waals surface area contributed by atoms with E-state index >= 15 is 0 Å². The van der Waals surface area contributed by atoms with Gasteiger partial charge in [0.1, 0.15) is 6.61 Å². The van der Waals surface area contributed by atoms with Crippen LogP contribution in [-0.4, -0.2) is 60.9 Å². The highest BCUT2D eigenvalue weighted by molar-refractivity contribution is 5.78. The quantitative estimate of drug-likeness (QED) is 0.827. The van der Waals surface area contributed by atoms with Crippen LogP contribution in [0, 0.1) is 5.92 Å². The Kier molecular flexibility index (Phi) is 5.99. The van der Waals surface area contributed by atoms with E-state index in [1.807, 2.05) is 0 Å². The maximum absolute atomic E-state index is 12.1. The first kappa shape index (κ1) is 16.2. The molecule has 1 saturated heterocycles. The molecule has 0 aromatic heterocycles. The average Bonchev–Trinajstić information content (AvgIpc) is 2.53. The molecule has 0 aromatic rings. The maximum Gasteiger partial charge on any atom is 0.306 e. The molecule has 21 heavy (non-hydrogen) atoms. The predicted octanol–water partition coefficient (Wildman–Crippen LogP) is 1.28. The average molecular weight is 299 g/mol. The first-order chi connectivity index (χ1) is 10.1. The Balaban J connectivity index is 1.69. The van der Waals surface area contributed by atoms with Gasteiger partial charge >= 0.3 is 5.97 Å². The number of carbonyl (C=O) groups excluding carboxylic acids is 1. The highest BCUT2D eigenvalue weighted by Gasteiger charge is 2.28. The summed E-state index contributed by atoms with van der Waals surface area (Å²) < 4.78 is 11.1. The van der Waals surface area contributed by atoms with Gasteiger partial charge in [-0.25, -0.2) is 0 Å². The fourth-order valence-corrected chi connectivity index (χ4v) is 3.12. The molecule has 1 saturated carbocycles. The van der Waals surface area contributed by atoms with Crippen LogP contribution in [0.15, 0.2) is 0 Å². The molecule has 1 heterocycles. The Morgan fingerprint density at radius 2 is 1.81 bits per heavy atom. The number of rotatable bonds is 5. The Bertz CT molecular complexity index is 365. The van der Waals surface area contributed by atoms with E-state index in [1.54, 1.807) is 12.0 Å². The van der Waals surface area contributed by atoms with Gasteiger partial charge in [-0.15, -0.1) is 0 Å². The van der Waals surface area contributed by atoms with Gasteiger partial charge in [0.25, 0.3) is 0 Å². The molecule has 1 N–H and O–H groups in total. The van der Waals surface area contributed by atoms with E-state index in [-0.39, 0.29) is 30.6 Å². The van der Waals surface area contributed by atoms with Crippen LogP contribution in [0.3, 0.4) is 0 Å². The number of carboxylic acid groups (broad SMARTS) is 1. The maximum atomic E-state index is 12.1. The summed E-state index contributed by atoms with van der Waals surface area (Å²) in [7, 11) is 1.71. The summed E-state index contributed by atoms with van der Waals surface area (Å²) in [5, 5.41) is 8.94. The summed E-state index contributed by atoms with van der Waals surface area (Å²) in [5.74, 6) is -1.10. The Morgan fingerprint density at radius 3 is 2.43 bits per heavy atom. The molecule has 6 nitrogen and oxygen atoms in total. The Labute approximate surface area is 125 Å². The number of hydrogen-bond acceptors (Lipinski definition) is 4. The molecule has 0 bridgehead atoms. The second-order valence-electron chi connectivity index (χ2n) is 5.95. The number of hydrogen-bond donors (Lipinski definition) is 1. The molecular weight excluding hydrogens is 274 g/mol. The van der Waals surface area contributed by atoms with Crippen molar-refractivity contribution in [2.45, 2.75) is 50.7 Å². The number of amides is 1. The number of likely N-dealkylation sites (tertiary alicyclic amines) is 1. The van der Waals surface area contributed by atoms with Crippen molar-refractivity contribution in [1.82, 2.24) is 4.90 Å². The van der Waals surface area contributed by atoms with Crippen molar-refractivity contribution in [2.75, 3.05) is 26.8 Å². The molecule has 2 unspecified atom stereocenters. The zero-order valence-corrected chi connectivity index (χ0v) is 12.6. The van der Waals surface area contributed by atoms with Gasteiger partial charge < -0.3 is 19.5 Å². The molecular formula is C15H25NO5. The highest BCUT2D eigenvalue weighted by Crippen LogP contribution is 2.23. The molecule has 1 aliphatic heterocycles. The molecule has 0 spiro atoms. The summed E-state index contributed by atoms with van der Waals surface area (Å²) >= 11 is 0. The third-order valence-electron chi connectivity index (χ3n) is 4.55. The van der Waals surface area contributed by atoms with Gasteiger partial charge in [-0.2, -0.15) is 0 Å². The van der Waals surface area contributed by atoms with E-state index in [1.165, 1.54) is 0 Å². The second-order valence-corrected chi connectivity index (χ2v) is 5.95. The van der Waals surface area contributed by atoms with Crippen molar-refractivity contribution < 1.29 is 24.2 Å². The lowest BCUT2D eigenvalue weighted by Crippen LogP contribution is -2.42. The lowest BCUT2D eigenvalue weighted by Gasteiger charge is -2.32. The summed E-state index contributed by atoms with van der Waals surface area (Å²) in [6.07, 6.45) is 5.38.